The molecule has 0 spiro atoms. The Morgan fingerprint density at radius 1 is 1.55 bits per heavy atom. The predicted molar refractivity (Wildman–Crippen MR) is 68.5 cm³/mol. The summed E-state index contributed by atoms with van der Waals surface area (Å²) in [7, 11) is 1.51. The lowest BCUT2D eigenvalue weighted by molar-refractivity contribution is -0.142. The second-order valence-electron chi connectivity index (χ2n) is 4.73. The molecular formula is C14H16FNO4. The number of methoxy groups -OCH3 is 1. The number of benzene rings is 1. The average molecular weight is 281 g/mol. The number of nitrogens with zero attached hydrogens (tertiary/aromatic N) is 1. The summed E-state index contributed by atoms with van der Waals surface area (Å²) in [5, 5.41) is 9.27. The second kappa shape index (κ2) is 6.00. The molecular weight excluding hydrogens is 265 g/mol. The minimum Gasteiger partial charge on any atom is -0.481 e. The van der Waals surface area contributed by atoms with E-state index in [9.17, 15) is 19.1 Å². The van der Waals surface area contributed by atoms with Crippen molar-refractivity contribution in [1.29, 1.82) is 0 Å². The highest BCUT2D eigenvalue weighted by atomic mass is 19.1. The molecule has 1 aromatic carbocycles. The normalized spacial score (nSPS) is 22.3. The zero-order valence-corrected chi connectivity index (χ0v) is 11.1. The van der Waals surface area contributed by atoms with Gasteiger partial charge in [-0.3, -0.25) is 9.59 Å². The maximum Gasteiger partial charge on any atom is 0.309 e. The monoisotopic (exact) mass is 281 g/mol. The van der Waals surface area contributed by atoms with E-state index in [1.165, 1.54) is 30.2 Å². The lowest BCUT2D eigenvalue weighted by Gasteiger charge is -2.27. The molecule has 20 heavy (non-hydrogen) atoms. The number of aliphatic carboxylic acids is 1. The molecule has 1 aliphatic rings. The van der Waals surface area contributed by atoms with Crippen LogP contribution in [0.2, 0.25) is 0 Å². The van der Waals surface area contributed by atoms with E-state index in [2.05, 4.69) is 0 Å². The molecule has 5 nitrogen and oxygen atoms in total. The molecule has 0 aliphatic carbocycles. The fourth-order valence-electron chi connectivity index (χ4n) is 2.57. The molecule has 0 bridgehead atoms. The first kappa shape index (κ1) is 14.5. The van der Waals surface area contributed by atoms with Crippen LogP contribution in [0.25, 0.3) is 0 Å². The zero-order valence-electron chi connectivity index (χ0n) is 11.1. The van der Waals surface area contributed by atoms with Crippen LogP contribution in [-0.2, 0) is 14.3 Å². The van der Waals surface area contributed by atoms with Crippen molar-refractivity contribution in [1.82, 2.24) is 4.90 Å². The number of rotatable bonds is 5. The summed E-state index contributed by atoms with van der Waals surface area (Å²) < 4.78 is 18.3. The van der Waals surface area contributed by atoms with Crippen LogP contribution in [0, 0.1) is 11.7 Å². The van der Waals surface area contributed by atoms with Crippen LogP contribution in [0.15, 0.2) is 24.3 Å². The molecule has 0 unspecified atom stereocenters. The summed E-state index contributed by atoms with van der Waals surface area (Å²) in [4.78, 5) is 24.8. The van der Waals surface area contributed by atoms with Gasteiger partial charge in [-0.2, -0.15) is 0 Å². The van der Waals surface area contributed by atoms with Crippen LogP contribution in [0.5, 0.6) is 0 Å². The van der Waals surface area contributed by atoms with Gasteiger partial charge in [0.15, 0.2) is 0 Å². The van der Waals surface area contributed by atoms with Crippen molar-refractivity contribution in [3.8, 4) is 0 Å². The standard InChI is InChI=1S/C14H16FNO4/c1-20-6-5-16-12(17)8-11(14(18)19)13(16)9-3-2-4-10(15)7-9/h2-4,7,11,13H,5-6,8H2,1H3,(H,18,19)/t11-,13-/m1/s1. The molecule has 0 radical (unpaired) electrons. The molecule has 1 N–H and O–H groups in total. The highest BCUT2D eigenvalue weighted by molar-refractivity contribution is 5.87. The van der Waals surface area contributed by atoms with Crippen LogP contribution in [0.3, 0.4) is 0 Å². The van der Waals surface area contributed by atoms with Gasteiger partial charge in [-0.15, -0.1) is 0 Å². The predicted octanol–water partition coefficient (Wildman–Crippen LogP) is 1.45. The molecule has 2 atom stereocenters. The zero-order chi connectivity index (χ0) is 14.7. The lowest BCUT2D eigenvalue weighted by atomic mass is 9.93. The fraction of sp³-hybridized carbons (Fsp3) is 0.429. The van der Waals surface area contributed by atoms with Crippen molar-refractivity contribution < 1.29 is 23.8 Å². The maximum absolute atomic E-state index is 13.3. The van der Waals surface area contributed by atoms with Crippen molar-refractivity contribution in [3.63, 3.8) is 0 Å². The number of amides is 1. The number of hydrogen-bond acceptors (Lipinski definition) is 3. The topological polar surface area (TPSA) is 66.8 Å². The minimum absolute atomic E-state index is 0.0692. The van der Waals surface area contributed by atoms with Gasteiger partial charge in [-0.1, -0.05) is 12.1 Å². The van der Waals surface area contributed by atoms with Crippen LogP contribution >= 0.6 is 0 Å². The van der Waals surface area contributed by atoms with E-state index in [4.69, 9.17) is 4.74 Å². The molecule has 2 rings (SSSR count). The van der Waals surface area contributed by atoms with Crippen molar-refractivity contribution in [3.05, 3.63) is 35.6 Å². The van der Waals surface area contributed by atoms with E-state index in [0.717, 1.165) is 0 Å². The van der Waals surface area contributed by atoms with Gasteiger partial charge in [0.1, 0.15) is 5.82 Å². The Kier molecular flexibility index (Phi) is 4.34. The Morgan fingerprint density at radius 2 is 2.30 bits per heavy atom. The molecule has 0 saturated carbocycles. The Labute approximate surface area is 116 Å². The number of likely N-dealkylation sites (tertiary alicyclic amines) is 1. The van der Waals surface area contributed by atoms with Crippen LogP contribution in [0.1, 0.15) is 18.0 Å². The van der Waals surface area contributed by atoms with Crippen LogP contribution in [-0.4, -0.2) is 42.1 Å². The summed E-state index contributed by atoms with van der Waals surface area (Å²) in [6, 6.07) is 5.07. The van der Waals surface area contributed by atoms with Gasteiger partial charge in [0.2, 0.25) is 5.91 Å². The molecule has 1 amide bonds. The molecule has 108 valence electrons. The van der Waals surface area contributed by atoms with E-state index in [-0.39, 0.29) is 12.3 Å². The third kappa shape index (κ3) is 2.80. The molecule has 1 saturated heterocycles. The van der Waals surface area contributed by atoms with E-state index >= 15 is 0 Å². The van der Waals surface area contributed by atoms with E-state index in [1.54, 1.807) is 6.07 Å². The summed E-state index contributed by atoms with van der Waals surface area (Å²) in [6.45, 7) is 0.601. The number of ether oxygens (including phenoxy) is 1. The summed E-state index contributed by atoms with van der Waals surface area (Å²) in [5.74, 6) is -2.60. The molecule has 1 aliphatic heterocycles. The Balaban J connectivity index is 2.35. The summed E-state index contributed by atoms with van der Waals surface area (Å²) >= 11 is 0. The fourth-order valence-corrected chi connectivity index (χ4v) is 2.57. The number of carboxylic acids is 1. The number of carboxylic acid groups (broad SMARTS) is 1. The van der Waals surface area contributed by atoms with Gasteiger partial charge in [0, 0.05) is 20.1 Å². The van der Waals surface area contributed by atoms with E-state index in [1.807, 2.05) is 0 Å². The Morgan fingerprint density at radius 3 is 2.90 bits per heavy atom. The van der Waals surface area contributed by atoms with Gasteiger partial charge in [-0.25, -0.2) is 4.39 Å². The third-order valence-electron chi connectivity index (χ3n) is 3.48. The van der Waals surface area contributed by atoms with Crippen LogP contribution in [0.4, 0.5) is 4.39 Å². The number of halogens is 1. The number of hydrogen-bond donors (Lipinski definition) is 1. The van der Waals surface area contributed by atoms with Gasteiger partial charge in [-0.05, 0) is 17.7 Å². The van der Waals surface area contributed by atoms with Crippen molar-refractivity contribution in [2.24, 2.45) is 5.92 Å². The van der Waals surface area contributed by atoms with Crippen molar-refractivity contribution in [2.75, 3.05) is 20.3 Å². The largest absolute Gasteiger partial charge is 0.481 e. The number of carbonyl (C=O) groups is 2. The highest BCUT2D eigenvalue weighted by Gasteiger charge is 2.44. The van der Waals surface area contributed by atoms with E-state index < -0.39 is 23.7 Å². The molecule has 0 aromatic heterocycles. The molecule has 1 aromatic rings. The highest BCUT2D eigenvalue weighted by Crippen LogP contribution is 2.38. The number of carbonyl (C=O) groups excluding carboxylic acids is 1. The maximum atomic E-state index is 13.3. The quantitative estimate of drug-likeness (QED) is 0.887. The van der Waals surface area contributed by atoms with Gasteiger partial charge in [0.25, 0.3) is 0 Å². The first-order valence-corrected chi connectivity index (χ1v) is 6.31. The first-order valence-electron chi connectivity index (χ1n) is 6.31. The molecule has 1 fully saturated rings. The summed E-state index contributed by atoms with van der Waals surface area (Å²) in [6.07, 6.45) is -0.0692. The van der Waals surface area contributed by atoms with E-state index in [0.29, 0.717) is 18.7 Å². The third-order valence-corrected chi connectivity index (χ3v) is 3.48. The molecule has 1 heterocycles. The molecule has 6 heteroatoms. The first-order chi connectivity index (χ1) is 9.54. The Hall–Kier alpha value is -1.95. The average Bonchev–Trinajstić information content (AvgIpc) is 2.73. The van der Waals surface area contributed by atoms with Crippen molar-refractivity contribution >= 4 is 11.9 Å². The minimum atomic E-state index is -1.05. The summed E-state index contributed by atoms with van der Waals surface area (Å²) in [5.41, 5.74) is 0.499. The Bertz CT molecular complexity index is 520. The van der Waals surface area contributed by atoms with Gasteiger partial charge in [0.05, 0.1) is 18.6 Å². The van der Waals surface area contributed by atoms with Gasteiger partial charge >= 0.3 is 5.97 Å². The lowest BCUT2D eigenvalue weighted by Crippen LogP contribution is -2.33. The van der Waals surface area contributed by atoms with Gasteiger partial charge < -0.3 is 14.7 Å². The van der Waals surface area contributed by atoms with Crippen LogP contribution < -0.4 is 0 Å². The van der Waals surface area contributed by atoms with Crippen molar-refractivity contribution in [2.45, 2.75) is 12.5 Å². The SMILES string of the molecule is COCCN1C(=O)C[C@@H](C(=O)O)[C@H]1c1cccc(F)c1. The smallest absolute Gasteiger partial charge is 0.309 e. The second-order valence-corrected chi connectivity index (χ2v) is 4.73.